The molecule has 0 aromatic rings. The van der Waals surface area contributed by atoms with Crippen LogP contribution in [0.1, 0.15) is 0 Å². The summed E-state index contributed by atoms with van der Waals surface area (Å²) in [6, 6.07) is 0. The highest BCUT2D eigenvalue weighted by molar-refractivity contribution is 5.84. The number of aliphatic hydroxyl groups excluding tert-OH is 1. The van der Waals surface area contributed by atoms with Crippen LogP contribution in [0.2, 0.25) is 0 Å². The van der Waals surface area contributed by atoms with E-state index >= 15 is 0 Å². The molecular weight excluding hydrogens is 136 g/mol. The fraction of sp³-hybridized carbons (Fsp3) is 0. The fourth-order valence-electron chi connectivity index (χ4n) is 0.263. The maximum Gasteiger partial charge on any atom is 0.370 e. The topological polar surface area (TPSA) is 74.6 Å². The highest BCUT2D eigenvalue weighted by Crippen LogP contribution is 1.87. The van der Waals surface area contributed by atoms with Crippen molar-refractivity contribution < 1.29 is 19.8 Å². The minimum Gasteiger partial charge on any atom is -0.502 e. The highest BCUT2D eigenvalue weighted by Gasteiger charge is 1.99. The second-order valence-electron chi connectivity index (χ2n) is 1.38. The maximum atomic E-state index is 9.85. The molecule has 2 N–H and O–H groups in total. The molecule has 0 radical (unpaired) electrons. The minimum atomic E-state index is -1.42. The first-order valence-electron chi connectivity index (χ1n) is 2.43. The van der Waals surface area contributed by atoms with Crippen molar-refractivity contribution in [1.29, 1.82) is 0 Å². The van der Waals surface area contributed by atoms with Crippen molar-refractivity contribution in [3.8, 4) is 0 Å². The molecule has 10 heavy (non-hydrogen) atoms. The van der Waals surface area contributed by atoms with E-state index in [1.165, 1.54) is 0 Å². The Labute approximate surface area is 57.1 Å². The van der Waals surface area contributed by atoms with Crippen molar-refractivity contribution in [2.45, 2.75) is 0 Å². The van der Waals surface area contributed by atoms with Gasteiger partial charge in [0, 0.05) is 0 Å². The van der Waals surface area contributed by atoms with E-state index in [2.05, 4.69) is 0 Å². The van der Waals surface area contributed by atoms with Crippen molar-refractivity contribution in [2.24, 2.45) is 0 Å². The summed E-state index contributed by atoms with van der Waals surface area (Å²) in [7, 11) is 0. The molecule has 4 nitrogen and oxygen atoms in total. The lowest BCUT2D eigenvalue weighted by Crippen LogP contribution is -1.97. The molecule has 0 atom stereocenters. The van der Waals surface area contributed by atoms with Crippen molar-refractivity contribution >= 4 is 12.3 Å². The van der Waals surface area contributed by atoms with Gasteiger partial charge in [0.15, 0.2) is 0 Å². The standard InChI is InChI=1S/C6H6O4/c7-4-2-1-3-5(8)6(9)10/h1-4,8H,(H,9,10). The molecule has 0 heterocycles. The van der Waals surface area contributed by atoms with Gasteiger partial charge in [0.1, 0.15) is 6.29 Å². The summed E-state index contributed by atoms with van der Waals surface area (Å²) < 4.78 is 0. The summed E-state index contributed by atoms with van der Waals surface area (Å²) in [5, 5.41) is 16.5. The van der Waals surface area contributed by atoms with Crippen molar-refractivity contribution in [2.75, 3.05) is 0 Å². The smallest absolute Gasteiger partial charge is 0.370 e. The molecule has 0 unspecified atom stereocenters. The largest absolute Gasteiger partial charge is 0.502 e. The number of hydrogen-bond donors (Lipinski definition) is 2. The van der Waals surface area contributed by atoms with Crippen molar-refractivity contribution in [3.63, 3.8) is 0 Å². The Balaban J connectivity index is 4.04. The van der Waals surface area contributed by atoms with Gasteiger partial charge in [-0.05, 0) is 12.2 Å². The van der Waals surface area contributed by atoms with Crippen LogP contribution in [0.5, 0.6) is 0 Å². The third-order valence-corrected chi connectivity index (χ3v) is 0.663. The van der Waals surface area contributed by atoms with Gasteiger partial charge in [-0.25, -0.2) is 4.79 Å². The average Bonchev–Trinajstić information content (AvgIpc) is 1.88. The molecule has 0 fully saturated rings. The van der Waals surface area contributed by atoms with Crippen LogP contribution in [-0.4, -0.2) is 22.5 Å². The van der Waals surface area contributed by atoms with Gasteiger partial charge >= 0.3 is 5.97 Å². The van der Waals surface area contributed by atoms with Gasteiger partial charge in [-0.15, -0.1) is 0 Å². The van der Waals surface area contributed by atoms with E-state index in [0.717, 1.165) is 18.2 Å². The van der Waals surface area contributed by atoms with E-state index in [4.69, 9.17) is 10.2 Å². The molecule has 54 valence electrons. The van der Waals surface area contributed by atoms with Gasteiger partial charge in [0.2, 0.25) is 5.76 Å². The zero-order valence-electron chi connectivity index (χ0n) is 5.02. The molecular formula is C6H6O4. The Hall–Kier alpha value is -1.58. The summed E-state index contributed by atoms with van der Waals surface area (Å²) in [6.07, 6.45) is 3.60. The molecule has 0 aromatic heterocycles. The number of allylic oxidation sites excluding steroid dienone is 3. The second-order valence-corrected chi connectivity index (χ2v) is 1.38. The SMILES string of the molecule is O=CC=CC=C(O)C(=O)O. The number of carbonyl (C=O) groups excluding carboxylic acids is 1. The zero-order chi connectivity index (χ0) is 7.98. The number of rotatable bonds is 3. The van der Waals surface area contributed by atoms with E-state index < -0.39 is 11.7 Å². The molecule has 0 aliphatic rings. The molecule has 0 rings (SSSR count). The molecule has 0 bridgehead atoms. The Morgan fingerprint density at radius 2 is 1.80 bits per heavy atom. The quantitative estimate of drug-likeness (QED) is 0.256. The molecule has 0 aliphatic heterocycles. The van der Waals surface area contributed by atoms with Crippen LogP contribution in [-0.2, 0) is 9.59 Å². The van der Waals surface area contributed by atoms with Crippen LogP contribution in [0.15, 0.2) is 24.0 Å². The number of hydrogen-bond acceptors (Lipinski definition) is 3. The Morgan fingerprint density at radius 3 is 2.20 bits per heavy atom. The lowest BCUT2D eigenvalue weighted by atomic mass is 10.4. The summed E-state index contributed by atoms with van der Waals surface area (Å²) in [6.45, 7) is 0. The van der Waals surface area contributed by atoms with Gasteiger partial charge in [-0.3, -0.25) is 4.79 Å². The molecule has 0 aromatic carbocycles. The first-order valence-corrected chi connectivity index (χ1v) is 2.43. The van der Waals surface area contributed by atoms with Gasteiger partial charge in [0.05, 0.1) is 0 Å². The fourth-order valence-corrected chi connectivity index (χ4v) is 0.263. The zero-order valence-corrected chi connectivity index (χ0v) is 5.02. The molecule has 0 aliphatic carbocycles. The number of carboxylic acids is 1. The average molecular weight is 142 g/mol. The summed E-state index contributed by atoms with van der Waals surface area (Å²) in [4.78, 5) is 19.5. The lowest BCUT2D eigenvalue weighted by Gasteiger charge is -1.84. The third kappa shape index (κ3) is 3.43. The molecule has 0 saturated carbocycles. The minimum absolute atomic E-state index is 0.478. The van der Waals surface area contributed by atoms with Crippen LogP contribution in [0.25, 0.3) is 0 Å². The van der Waals surface area contributed by atoms with Crippen LogP contribution in [0.4, 0.5) is 0 Å². The first kappa shape index (κ1) is 8.42. The second kappa shape index (κ2) is 4.31. The van der Waals surface area contributed by atoms with E-state index in [-0.39, 0.29) is 0 Å². The summed E-state index contributed by atoms with van der Waals surface area (Å²) >= 11 is 0. The van der Waals surface area contributed by atoms with Crippen molar-refractivity contribution in [1.82, 2.24) is 0 Å². The Kier molecular flexibility index (Phi) is 3.63. The number of carboxylic acid groups (broad SMARTS) is 1. The van der Waals surface area contributed by atoms with Gasteiger partial charge in [0.25, 0.3) is 0 Å². The molecule has 0 saturated heterocycles. The summed E-state index contributed by atoms with van der Waals surface area (Å²) in [5.41, 5.74) is 0. The predicted molar refractivity (Wildman–Crippen MR) is 33.6 cm³/mol. The normalized spacial score (nSPS) is 11.8. The molecule has 4 heteroatoms. The van der Waals surface area contributed by atoms with Crippen LogP contribution < -0.4 is 0 Å². The molecule has 0 amide bonds. The first-order chi connectivity index (χ1) is 4.68. The van der Waals surface area contributed by atoms with Gasteiger partial charge in [-0.1, -0.05) is 6.08 Å². The highest BCUT2D eigenvalue weighted by atomic mass is 16.4. The van der Waals surface area contributed by atoms with E-state index in [1.807, 2.05) is 0 Å². The maximum absolute atomic E-state index is 9.85. The summed E-state index contributed by atoms with van der Waals surface area (Å²) in [5.74, 6) is -2.21. The van der Waals surface area contributed by atoms with Crippen LogP contribution in [0.3, 0.4) is 0 Å². The lowest BCUT2D eigenvalue weighted by molar-refractivity contribution is -0.135. The number of carbonyl (C=O) groups is 2. The predicted octanol–water partition coefficient (Wildman–Crippen LogP) is 0.268. The Bertz CT molecular complexity index is 190. The van der Waals surface area contributed by atoms with Crippen molar-refractivity contribution in [3.05, 3.63) is 24.0 Å². The van der Waals surface area contributed by atoms with Crippen LogP contribution in [0, 0.1) is 0 Å². The Morgan fingerprint density at radius 1 is 1.20 bits per heavy atom. The van der Waals surface area contributed by atoms with Gasteiger partial charge < -0.3 is 10.2 Å². The van der Waals surface area contributed by atoms with E-state index in [0.29, 0.717) is 6.29 Å². The number of aliphatic hydroxyl groups is 1. The van der Waals surface area contributed by atoms with Gasteiger partial charge in [-0.2, -0.15) is 0 Å². The third-order valence-electron chi connectivity index (χ3n) is 0.663. The van der Waals surface area contributed by atoms with E-state index in [1.54, 1.807) is 0 Å². The van der Waals surface area contributed by atoms with E-state index in [9.17, 15) is 9.59 Å². The molecule has 0 spiro atoms. The van der Waals surface area contributed by atoms with Crippen LogP contribution >= 0.6 is 0 Å². The number of aldehydes is 1. The number of aliphatic carboxylic acids is 1. The monoisotopic (exact) mass is 142 g/mol.